The summed E-state index contributed by atoms with van der Waals surface area (Å²) in [6, 6.07) is 4.46. The highest BCUT2D eigenvalue weighted by atomic mass is 15.2. The van der Waals surface area contributed by atoms with E-state index in [4.69, 9.17) is 11.1 Å². The van der Waals surface area contributed by atoms with E-state index in [-0.39, 0.29) is 5.84 Å². The summed E-state index contributed by atoms with van der Waals surface area (Å²) in [6.45, 7) is 5.61. The van der Waals surface area contributed by atoms with Crippen LogP contribution in [-0.2, 0) is 0 Å². The van der Waals surface area contributed by atoms with Gasteiger partial charge in [-0.3, -0.25) is 10.4 Å². The fourth-order valence-corrected chi connectivity index (χ4v) is 2.39. The fraction of sp³-hybridized carbons (Fsp3) is 0.538. The van der Waals surface area contributed by atoms with Gasteiger partial charge in [0.05, 0.1) is 0 Å². The van der Waals surface area contributed by atoms with Crippen molar-refractivity contribution < 1.29 is 0 Å². The molecule has 4 heteroatoms. The van der Waals surface area contributed by atoms with Crippen molar-refractivity contribution in [3.8, 4) is 0 Å². The number of piperidine rings is 1. The quantitative estimate of drug-likeness (QED) is 0.605. The standard InChI is InChI=1S/C13H20N4/c1-9-3-4-10(2)17(8-9)11-5-6-16-12(7-11)13(14)15/h5-7,9-10H,3-4,8H2,1-2H3,(H3,14,15). The molecule has 0 aromatic carbocycles. The first-order valence-electron chi connectivity index (χ1n) is 6.15. The van der Waals surface area contributed by atoms with Crippen molar-refractivity contribution in [3.05, 3.63) is 24.0 Å². The number of nitrogens with one attached hydrogen (secondary N) is 1. The Morgan fingerprint density at radius 2 is 2.24 bits per heavy atom. The molecule has 1 saturated heterocycles. The fourth-order valence-electron chi connectivity index (χ4n) is 2.39. The number of pyridine rings is 1. The van der Waals surface area contributed by atoms with E-state index in [1.807, 2.05) is 12.1 Å². The van der Waals surface area contributed by atoms with Crippen LogP contribution in [0.5, 0.6) is 0 Å². The lowest BCUT2D eigenvalue weighted by Gasteiger charge is -2.38. The molecule has 0 saturated carbocycles. The smallest absolute Gasteiger partial charge is 0.141 e. The molecule has 2 heterocycles. The van der Waals surface area contributed by atoms with E-state index in [1.165, 1.54) is 12.8 Å². The predicted molar refractivity (Wildman–Crippen MR) is 70.5 cm³/mol. The first-order valence-corrected chi connectivity index (χ1v) is 6.15. The highest BCUT2D eigenvalue weighted by Crippen LogP contribution is 2.27. The molecule has 1 fully saturated rings. The zero-order chi connectivity index (χ0) is 12.4. The lowest BCUT2D eigenvalue weighted by atomic mass is 9.94. The highest BCUT2D eigenvalue weighted by molar-refractivity contribution is 5.93. The molecule has 92 valence electrons. The van der Waals surface area contributed by atoms with E-state index >= 15 is 0 Å². The van der Waals surface area contributed by atoms with E-state index < -0.39 is 0 Å². The molecule has 17 heavy (non-hydrogen) atoms. The number of anilines is 1. The van der Waals surface area contributed by atoms with Gasteiger partial charge in [0.15, 0.2) is 0 Å². The predicted octanol–water partition coefficient (Wildman–Crippen LogP) is 1.99. The molecule has 2 rings (SSSR count). The molecular formula is C13H20N4. The van der Waals surface area contributed by atoms with Crippen LogP contribution in [0.25, 0.3) is 0 Å². The minimum Gasteiger partial charge on any atom is -0.382 e. The Morgan fingerprint density at radius 3 is 2.94 bits per heavy atom. The van der Waals surface area contributed by atoms with Crippen LogP contribution in [0.1, 0.15) is 32.4 Å². The molecule has 1 aliphatic heterocycles. The Hall–Kier alpha value is -1.58. The first kappa shape index (κ1) is 11.9. The summed E-state index contributed by atoms with van der Waals surface area (Å²) in [5, 5.41) is 7.43. The average Bonchev–Trinajstić information content (AvgIpc) is 2.32. The summed E-state index contributed by atoms with van der Waals surface area (Å²) in [5.41, 5.74) is 7.17. The van der Waals surface area contributed by atoms with Crippen LogP contribution in [0.3, 0.4) is 0 Å². The summed E-state index contributed by atoms with van der Waals surface area (Å²) in [7, 11) is 0. The number of amidine groups is 1. The number of hydrogen-bond donors (Lipinski definition) is 2. The van der Waals surface area contributed by atoms with Gasteiger partial charge in [0.1, 0.15) is 11.5 Å². The lowest BCUT2D eigenvalue weighted by molar-refractivity contribution is 0.390. The van der Waals surface area contributed by atoms with Crippen molar-refractivity contribution in [2.45, 2.75) is 32.7 Å². The summed E-state index contributed by atoms with van der Waals surface area (Å²) < 4.78 is 0. The van der Waals surface area contributed by atoms with Crippen LogP contribution < -0.4 is 10.6 Å². The molecule has 0 spiro atoms. The van der Waals surface area contributed by atoms with Gasteiger partial charge in [0.25, 0.3) is 0 Å². The Labute approximate surface area is 102 Å². The molecule has 2 unspecified atom stereocenters. The van der Waals surface area contributed by atoms with Gasteiger partial charge in [-0.2, -0.15) is 0 Å². The molecule has 1 aromatic rings. The van der Waals surface area contributed by atoms with Crippen LogP contribution in [0.2, 0.25) is 0 Å². The number of nitrogen functional groups attached to an aromatic ring is 1. The second-order valence-corrected chi connectivity index (χ2v) is 5.00. The molecule has 1 aromatic heterocycles. The third-order valence-corrected chi connectivity index (χ3v) is 3.47. The normalized spacial score (nSPS) is 24.7. The number of rotatable bonds is 2. The maximum Gasteiger partial charge on any atom is 0.141 e. The minimum absolute atomic E-state index is 0.0320. The Balaban J connectivity index is 2.26. The van der Waals surface area contributed by atoms with Gasteiger partial charge in [-0.25, -0.2) is 0 Å². The van der Waals surface area contributed by atoms with Crippen LogP contribution in [0.4, 0.5) is 5.69 Å². The second-order valence-electron chi connectivity index (χ2n) is 5.00. The Kier molecular flexibility index (Phi) is 3.31. The monoisotopic (exact) mass is 232 g/mol. The number of nitrogens with two attached hydrogens (primary N) is 1. The Bertz CT molecular complexity index is 416. The first-order chi connectivity index (χ1) is 8.08. The summed E-state index contributed by atoms with van der Waals surface area (Å²) in [4.78, 5) is 6.49. The van der Waals surface area contributed by atoms with Crippen molar-refractivity contribution in [1.82, 2.24) is 4.98 Å². The van der Waals surface area contributed by atoms with Gasteiger partial charge in [-0.05, 0) is 37.8 Å². The van der Waals surface area contributed by atoms with Gasteiger partial charge in [0, 0.05) is 24.5 Å². The molecule has 0 bridgehead atoms. The second kappa shape index (κ2) is 4.73. The SMILES string of the molecule is CC1CCC(C)N(c2ccnc(C(=N)N)c2)C1. The molecule has 0 aliphatic carbocycles. The largest absolute Gasteiger partial charge is 0.382 e. The molecule has 2 atom stereocenters. The van der Waals surface area contributed by atoms with Crippen molar-refractivity contribution in [1.29, 1.82) is 5.41 Å². The van der Waals surface area contributed by atoms with Crippen molar-refractivity contribution in [2.24, 2.45) is 11.7 Å². The zero-order valence-corrected chi connectivity index (χ0v) is 10.5. The van der Waals surface area contributed by atoms with Crippen molar-refractivity contribution in [2.75, 3.05) is 11.4 Å². The number of aromatic nitrogens is 1. The van der Waals surface area contributed by atoms with Gasteiger partial charge in [0.2, 0.25) is 0 Å². The van der Waals surface area contributed by atoms with E-state index in [2.05, 4.69) is 23.7 Å². The van der Waals surface area contributed by atoms with Crippen LogP contribution >= 0.6 is 0 Å². The average molecular weight is 232 g/mol. The van der Waals surface area contributed by atoms with Gasteiger partial charge in [-0.1, -0.05) is 6.92 Å². The highest BCUT2D eigenvalue weighted by Gasteiger charge is 2.23. The van der Waals surface area contributed by atoms with Crippen molar-refractivity contribution >= 4 is 11.5 Å². The zero-order valence-electron chi connectivity index (χ0n) is 10.5. The molecule has 0 amide bonds. The summed E-state index contributed by atoms with van der Waals surface area (Å²) in [5.74, 6) is 0.754. The van der Waals surface area contributed by atoms with Gasteiger partial charge in [-0.15, -0.1) is 0 Å². The van der Waals surface area contributed by atoms with Crippen molar-refractivity contribution in [3.63, 3.8) is 0 Å². The summed E-state index contributed by atoms with van der Waals surface area (Å²) >= 11 is 0. The molecule has 3 N–H and O–H groups in total. The Morgan fingerprint density at radius 1 is 1.47 bits per heavy atom. The molecule has 0 radical (unpaired) electrons. The van der Waals surface area contributed by atoms with Crippen LogP contribution in [-0.4, -0.2) is 23.4 Å². The lowest BCUT2D eigenvalue weighted by Crippen LogP contribution is -2.41. The molecule has 4 nitrogen and oxygen atoms in total. The van der Waals surface area contributed by atoms with E-state index in [9.17, 15) is 0 Å². The maximum absolute atomic E-state index is 7.43. The third-order valence-electron chi connectivity index (χ3n) is 3.47. The minimum atomic E-state index is 0.0320. The van der Waals surface area contributed by atoms with E-state index in [0.717, 1.165) is 18.2 Å². The van der Waals surface area contributed by atoms with Gasteiger partial charge >= 0.3 is 0 Å². The molecular weight excluding hydrogens is 212 g/mol. The number of nitrogens with zero attached hydrogens (tertiary/aromatic N) is 2. The number of hydrogen-bond acceptors (Lipinski definition) is 3. The van der Waals surface area contributed by atoms with E-state index in [0.29, 0.717) is 11.7 Å². The third kappa shape index (κ3) is 2.57. The van der Waals surface area contributed by atoms with E-state index in [1.54, 1.807) is 6.20 Å². The van der Waals surface area contributed by atoms with Crippen LogP contribution in [0, 0.1) is 11.3 Å². The van der Waals surface area contributed by atoms with Gasteiger partial charge < -0.3 is 10.6 Å². The summed E-state index contributed by atoms with van der Waals surface area (Å²) in [6.07, 6.45) is 4.25. The van der Waals surface area contributed by atoms with Crippen LogP contribution in [0.15, 0.2) is 18.3 Å². The maximum atomic E-state index is 7.43. The molecule has 1 aliphatic rings. The topological polar surface area (TPSA) is 66.0 Å².